The van der Waals surface area contributed by atoms with Gasteiger partial charge < -0.3 is 5.32 Å². The number of Topliss-reactive ketones (excluding diaryl/α,β-unsaturated/α-hetero) is 1. The zero-order chi connectivity index (χ0) is 11.8. The summed E-state index contributed by atoms with van der Waals surface area (Å²) in [5, 5.41) is 7.38. The van der Waals surface area contributed by atoms with Gasteiger partial charge >= 0.3 is 0 Å². The van der Waals surface area contributed by atoms with Gasteiger partial charge in [0.25, 0.3) is 0 Å². The van der Waals surface area contributed by atoms with Crippen LogP contribution in [-0.4, -0.2) is 22.1 Å². The molecule has 0 bridgehead atoms. The van der Waals surface area contributed by atoms with Crippen molar-refractivity contribution in [2.45, 2.75) is 6.42 Å². The monoisotopic (exact) mass is 227 g/mol. The second-order valence-electron chi connectivity index (χ2n) is 4.26. The number of carbonyl (C=O) groups is 1. The van der Waals surface area contributed by atoms with Crippen molar-refractivity contribution < 1.29 is 4.79 Å². The van der Waals surface area contributed by atoms with E-state index in [0.717, 1.165) is 28.9 Å². The van der Waals surface area contributed by atoms with Crippen molar-refractivity contribution in [2.24, 2.45) is 7.05 Å². The van der Waals surface area contributed by atoms with Crippen LogP contribution in [0.25, 0.3) is 11.1 Å². The van der Waals surface area contributed by atoms with Crippen molar-refractivity contribution in [1.82, 2.24) is 9.78 Å². The Kier molecular flexibility index (Phi) is 2.21. The van der Waals surface area contributed by atoms with Crippen molar-refractivity contribution in [3.05, 3.63) is 36.2 Å². The number of nitrogens with zero attached hydrogens (tertiary/aromatic N) is 2. The van der Waals surface area contributed by atoms with E-state index >= 15 is 0 Å². The number of hydrogen-bond donors (Lipinski definition) is 1. The van der Waals surface area contributed by atoms with Crippen molar-refractivity contribution in [3.8, 4) is 11.1 Å². The molecule has 0 fully saturated rings. The van der Waals surface area contributed by atoms with Crippen LogP contribution in [0.4, 0.5) is 5.69 Å². The maximum absolute atomic E-state index is 11.8. The minimum Gasteiger partial charge on any atom is -0.384 e. The van der Waals surface area contributed by atoms with E-state index in [9.17, 15) is 4.79 Å². The fraction of sp³-hybridized carbons (Fsp3) is 0.231. The van der Waals surface area contributed by atoms with E-state index in [-0.39, 0.29) is 5.78 Å². The van der Waals surface area contributed by atoms with Crippen LogP contribution in [0, 0.1) is 0 Å². The molecule has 1 N–H and O–H groups in total. The Hall–Kier alpha value is -2.10. The molecule has 0 radical (unpaired) electrons. The van der Waals surface area contributed by atoms with E-state index in [4.69, 9.17) is 0 Å². The zero-order valence-corrected chi connectivity index (χ0v) is 9.60. The number of hydrogen-bond acceptors (Lipinski definition) is 3. The smallest absolute Gasteiger partial charge is 0.166 e. The molecule has 0 amide bonds. The van der Waals surface area contributed by atoms with Crippen LogP contribution in [0.1, 0.15) is 16.8 Å². The first-order valence-electron chi connectivity index (χ1n) is 5.64. The largest absolute Gasteiger partial charge is 0.384 e. The number of benzene rings is 1. The van der Waals surface area contributed by atoms with Crippen molar-refractivity contribution >= 4 is 11.5 Å². The second-order valence-corrected chi connectivity index (χ2v) is 4.26. The lowest BCUT2D eigenvalue weighted by molar-refractivity contribution is 0.0984. The molecule has 0 atom stereocenters. The highest BCUT2D eigenvalue weighted by atomic mass is 16.1. The summed E-state index contributed by atoms with van der Waals surface area (Å²) in [4.78, 5) is 11.8. The molecule has 0 spiro atoms. The van der Waals surface area contributed by atoms with E-state index in [2.05, 4.69) is 10.4 Å². The molecular formula is C13H13N3O. The van der Waals surface area contributed by atoms with Crippen molar-refractivity contribution in [1.29, 1.82) is 0 Å². The zero-order valence-electron chi connectivity index (χ0n) is 9.60. The summed E-state index contributed by atoms with van der Waals surface area (Å²) in [6, 6.07) is 5.93. The average molecular weight is 227 g/mol. The predicted octanol–water partition coefficient (Wildman–Crippen LogP) is 2.09. The summed E-state index contributed by atoms with van der Waals surface area (Å²) in [5.41, 5.74) is 3.80. The Labute approximate surface area is 99.3 Å². The molecule has 2 heterocycles. The SMILES string of the molecule is Cn1cc(-c2ccc3c(c2)C(=O)CCN3)cn1. The van der Waals surface area contributed by atoms with Gasteiger partial charge in [-0.2, -0.15) is 5.10 Å². The minimum absolute atomic E-state index is 0.212. The number of ketones is 1. The molecule has 1 aromatic carbocycles. The Balaban J connectivity index is 2.08. The van der Waals surface area contributed by atoms with Crippen LogP contribution in [0.3, 0.4) is 0 Å². The van der Waals surface area contributed by atoms with E-state index in [1.54, 1.807) is 4.68 Å². The molecule has 0 aliphatic carbocycles. The first kappa shape index (κ1) is 10.1. The summed E-state index contributed by atoms with van der Waals surface area (Å²) in [6.07, 6.45) is 4.33. The highest BCUT2D eigenvalue weighted by Crippen LogP contribution is 2.27. The molecule has 0 saturated carbocycles. The van der Waals surface area contributed by atoms with Crippen LogP contribution >= 0.6 is 0 Å². The topological polar surface area (TPSA) is 46.9 Å². The van der Waals surface area contributed by atoms with Crippen LogP contribution in [0.2, 0.25) is 0 Å². The molecule has 1 aliphatic rings. The summed E-state index contributed by atoms with van der Waals surface area (Å²) >= 11 is 0. The molecule has 3 rings (SSSR count). The number of anilines is 1. The summed E-state index contributed by atoms with van der Waals surface area (Å²) in [7, 11) is 1.88. The van der Waals surface area contributed by atoms with Gasteiger partial charge in [-0.1, -0.05) is 6.07 Å². The third-order valence-electron chi connectivity index (χ3n) is 3.03. The number of aromatic nitrogens is 2. The third-order valence-corrected chi connectivity index (χ3v) is 3.03. The normalized spacial score (nSPS) is 14.3. The molecule has 1 aromatic heterocycles. The van der Waals surface area contributed by atoms with Crippen molar-refractivity contribution in [3.63, 3.8) is 0 Å². The van der Waals surface area contributed by atoms with Gasteiger partial charge in [0.2, 0.25) is 0 Å². The van der Waals surface area contributed by atoms with Gasteiger partial charge in [0.15, 0.2) is 5.78 Å². The Morgan fingerprint density at radius 2 is 2.24 bits per heavy atom. The lowest BCUT2D eigenvalue weighted by Crippen LogP contribution is -2.17. The average Bonchev–Trinajstić information content (AvgIpc) is 2.76. The standard InChI is InChI=1S/C13H13N3O/c1-16-8-10(7-15-16)9-2-3-12-11(6-9)13(17)4-5-14-12/h2-3,6-8,14H,4-5H2,1H3. The van der Waals surface area contributed by atoms with Gasteiger partial charge in [-0.15, -0.1) is 0 Å². The highest BCUT2D eigenvalue weighted by molar-refractivity contribution is 6.04. The van der Waals surface area contributed by atoms with Crippen LogP contribution in [0.15, 0.2) is 30.6 Å². The first-order chi connectivity index (χ1) is 8.24. The number of fused-ring (bicyclic) bond motifs is 1. The molecule has 2 aromatic rings. The first-order valence-corrected chi connectivity index (χ1v) is 5.64. The molecule has 4 heteroatoms. The lowest BCUT2D eigenvalue weighted by Gasteiger charge is -2.17. The second kappa shape index (κ2) is 3.73. The summed E-state index contributed by atoms with van der Waals surface area (Å²) in [5.74, 6) is 0.212. The highest BCUT2D eigenvalue weighted by Gasteiger charge is 2.17. The van der Waals surface area contributed by atoms with Gasteiger partial charge in [-0.3, -0.25) is 9.48 Å². The Bertz CT molecular complexity index is 586. The van der Waals surface area contributed by atoms with Gasteiger partial charge in [-0.05, 0) is 17.7 Å². The Morgan fingerprint density at radius 3 is 3.00 bits per heavy atom. The molecule has 17 heavy (non-hydrogen) atoms. The van der Waals surface area contributed by atoms with E-state index < -0.39 is 0 Å². The molecule has 86 valence electrons. The fourth-order valence-electron chi connectivity index (χ4n) is 2.12. The third kappa shape index (κ3) is 1.71. The molecule has 0 unspecified atom stereocenters. The quantitative estimate of drug-likeness (QED) is 0.811. The van der Waals surface area contributed by atoms with Gasteiger partial charge in [-0.25, -0.2) is 0 Å². The predicted molar refractivity (Wildman–Crippen MR) is 66.1 cm³/mol. The van der Waals surface area contributed by atoms with E-state index in [1.807, 2.05) is 37.6 Å². The number of aryl methyl sites for hydroxylation is 1. The fourth-order valence-corrected chi connectivity index (χ4v) is 2.12. The number of rotatable bonds is 1. The number of carbonyl (C=O) groups excluding carboxylic acids is 1. The number of nitrogens with one attached hydrogen (secondary N) is 1. The van der Waals surface area contributed by atoms with E-state index in [1.165, 1.54) is 0 Å². The van der Waals surface area contributed by atoms with Gasteiger partial charge in [0.1, 0.15) is 0 Å². The molecule has 4 nitrogen and oxygen atoms in total. The molecular weight excluding hydrogens is 214 g/mol. The van der Waals surface area contributed by atoms with Crippen molar-refractivity contribution in [2.75, 3.05) is 11.9 Å². The lowest BCUT2D eigenvalue weighted by atomic mass is 9.98. The molecule has 1 aliphatic heterocycles. The maximum Gasteiger partial charge on any atom is 0.166 e. The van der Waals surface area contributed by atoms with Crippen LogP contribution < -0.4 is 5.32 Å². The summed E-state index contributed by atoms with van der Waals surface area (Å²) < 4.78 is 1.76. The van der Waals surface area contributed by atoms with Crippen LogP contribution in [0.5, 0.6) is 0 Å². The Morgan fingerprint density at radius 1 is 1.35 bits per heavy atom. The maximum atomic E-state index is 11.8. The minimum atomic E-state index is 0.212. The van der Waals surface area contributed by atoms with Gasteiger partial charge in [0, 0.05) is 43.0 Å². The van der Waals surface area contributed by atoms with Crippen LogP contribution in [-0.2, 0) is 7.05 Å². The summed E-state index contributed by atoms with van der Waals surface area (Å²) in [6.45, 7) is 0.734. The van der Waals surface area contributed by atoms with E-state index in [0.29, 0.717) is 6.42 Å². The van der Waals surface area contributed by atoms with Gasteiger partial charge in [0.05, 0.1) is 6.20 Å². The molecule has 0 saturated heterocycles.